The summed E-state index contributed by atoms with van der Waals surface area (Å²) < 4.78 is 29.1. The number of aromatic nitrogens is 4. The zero-order chi connectivity index (χ0) is 61.3. The van der Waals surface area contributed by atoms with Gasteiger partial charge >= 0.3 is 0 Å². The predicted molar refractivity (Wildman–Crippen MR) is 335 cm³/mol. The number of halogens is 1. The van der Waals surface area contributed by atoms with Gasteiger partial charge in [0.1, 0.15) is 13.2 Å². The van der Waals surface area contributed by atoms with Gasteiger partial charge in [-0.3, -0.25) is 19.0 Å². The highest BCUT2D eigenvalue weighted by Crippen LogP contribution is 2.72. The van der Waals surface area contributed by atoms with E-state index >= 15 is 0 Å². The largest absolute Gasteiger partial charge is 0.393 e. The maximum Gasteiger partial charge on any atom is 0.193 e. The van der Waals surface area contributed by atoms with E-state index in [0.29, 0.717) is 12.8 Å². The van der Waals surface area contributed by atoms with Gasteiger partial charge in [-0.2, -0.15) is 10.2 Å². The van der Waals surface area contributed by atoms with Crippen molar-refractivity contribution in [2.75, 3.05) is 13.2 Å². The molecular weight excluding hydrogens is 1160 g/mol. The molecule has 18 atom stereocenters. The van der Waals surface area contributed by atoms with Gasteiger partial charge in [-0.15, -0.1) is 0 Å². The van der Waals surface area contributed by atoms with Crippen molar-refractivity contribution < 1.29 is 49.0 Å². The number of carbonyl (C=O) groups excluding carboxylic acids is 2. The SMILES string of the molecule is Cc1ccc(CBr)cc1.Cc1ccc(Cn2cc3c(n2)C=C2CC[C@@H]4[C@H]([C@@H](O)C[C@@]5(C)[C@H]4C[C@H]4OC(C)O[C@]45C(=O)CO)[C@@]2(C)C3)cc1.Cc1ccc(Cn2ncc3c2C=C2CC[C@@H]4[C@H]([C@@H](O)C[C@@]5(C)[C@H]4C[C@H]4OC(C)O[C@]45C(=O)CO)[C@@]2(C)C3)cc1. The van der Waals surface area contributed by atoms with Crippen LogP contribution in [0.2, 0.25) is 0 Å². The van der Waals surface area contributed by atoms with Crippen molar-refractivity contribution in [1.29, 1.82) is 0 Å². The minimum absolute atomic E-state index is 0.0849. The van der Waals surface area contributed by atoms with Gasteiger partial charge in [-0.25, -0.2) is 0 Å². The third-order valence-electron chi connectivity index (χ3n) is 24.0. The van der Waals surface area contributed by atoms with E-state index in [4.69, 9.17) is 29.1 Å². The first-order chi connectivity index (χ1) is 41.5. The number of aliphatic hydroxyl groups excluding tert-OH is 4. The third-order valence-corrected chi connectivity index (χ3v) is 24.6. The quantitative estimate of drug-likeness (QED) is 0.102. The van der Waals surface area contributed by atoms with Gasteiger partial charge in [0, 0.05) is 22.4 Å². The summed E-state index contributed by atoms with van der Waals surface area (Å²) in [5.41, 5.74) is 11.3. The fraction of sp³-hybridized carbons (Fsp3) is 0.583. The second-order valence-electron chi connectivity index (χ2n) is 28.8. The second-order valence-corrected chi connectivity index (χ2v) is 29.4. The summed E-state index contributed by atoms with van der Waals surface area (Å²) in [6.45, 7) is 19.2. The molecule has 0 amide bonds. The van der Waals surface area contributed by atoms with Crippen LogP contribution in [0.4, 0.5) is 0 Å². The first kappa shape index (κ1) is 60.9. The summed E-state index contributed by atoms with van der Waals surface area (Å²) >= 11 is 3.38. The Balaban J connectivity index is 0.000000141. The van der Waals surface area contributed by atoms with Gasteiger partial charge in [-0.05, 0) is 185 Å². The van der Waals surface area contributed by atoms with Gasteiger partial charge < -0.3 is 39.4 Å². The van der Waals surface area contributed by atoms with Gasteiger partial charge in [0.2, 0.25) is 0 Å². The molecule has 14 nitrogen and oxygen atoms in total. The minimum Gasteiger partial charge on any atom is -0.393 e. The third kappa shape index (κ3) is 9.57. The Labute approximate surface area is 521 Å². The van der Waals surface area contributed by atoms with E-state index in [0.717, 1.165) is 75.5 Å². The fourth-order valence-electron chi connectivity index (χ4n) is 20.2. The zero-order valence-corrected chi connectivity index (χ0v) is 53.8. The molecule has 87 heavy (non-hydrogen) atoms. The molecule has 10 aliphatic rings. The Bertz CT molecular complexity index is 3500. The highest BCUT2D eigenvalue weighted by atomic mass is 79.9. The summed E-state index contributed by atoms with van der Waals surface area (Å²) in [4.78, 5) is 26.6. The van der Waals surface area contributed by atoms with Crippen LogP contribution in [0.1, 0.15) is 149 Å². The van der Waals surface area contributed by atoms with Crippen LogP contribution in [0.15, 0.2) is 96.3 Å². The molecule has 5 aromatic rings. The van der Waals surface area contributed by atoms with E-state index < -0.39 is 60.0 Å². The topological polar surface area (TPSA) is 188 Å². The van der Waals surface area contributed by atoms with Gasteiger partial charge in [-0.1, -0.05) is 144 Å². The zero-order valence-electron chi connectivity index (χ0n) is 52.2. The Morgan fingerprint density at radius 2 is 1.08 bits per heavy atom. The summed E-state index contributed by atoms with van der Waals surface area (Å²) in [5, 5.41) is 54.5. The number of ketones is 2. The monoisotopic (exact) mass is 1250 g/mol. The smallest absolute Gasteiger partial charge is 0.193 e. The molecule has 15 heteroatoms. The molecule has 0 spiro atoms. The average Bonchev–Trinajstić information content (AvgIpc) is 1.57. The number of carbonyl (C=O) groups is 2. The first-order valence-corrected chi connectivity index (χ1v) is 33.2. The molecule has 2 unspecified atom stereocenters. The molecule has 0 bridgehead atoms. The van der Waals surface area contributed by atoms with Gasteiger partial charge in [0.25, 0.3) is 0 Å². The molecule has 8 fully saturated rings. The van der Waals surface area contributed by atoms with Gasteiger partial charge in [0.15, 0.2) is 35.3 Å². The molecule has 6 saturated carbocycles. The Kier molecular flexibility index (Phi) is 15.7. The number of ether oxygens (including phenoxy) is 4. The molecule has 4 heterocycles. The van der Waals surface area contributed by atoms with Gasteiger partial charge in [0.05, 0.1) is 55.1 Å². The highest BCUT2D eigenvalue weighted by molar-refractivity contribution is 9.08. The van der Waals surface area contributed by atoms with E-state index in [1.807, 2.05) is 20.0 Å². The summed E-state index contributed by atoms with van der Waals surface area (Å²) in [6, 6.07) is 25.7. The highest BCUT2D eigenvalue weighted by Gasteiger charge is 2.77. The van der Waals surface area contributed by atoms with E-state index in [2.05, 4.69) is 165 Å². The molecule has 2 saturated heterocycles. The standard InChI is InChI=1S/2C32H40N2O5.C8H9Br/c1-18-5-7-20(8-6-18)16-34-25-11-22-9-10-23-24-12-28-32(27(37)17-35,39-19(2)38-28)31(24,4)14-26(36)29(23)30(22,3)13-21(25)15-33-34;1-18-5-7-20(8-6-18)15-34-16-21-13-30(3)22(11-25(21)33-34)9-10-23-24-12-28-32(27(37)17-35,39-19(2)38-28)31(24,4)14-26(36)29(23)30;1-7-2-4-8(6-9)5-3-7/h5-8,11,15,19,23-24,26,28-29,35-36H,9-10,12-14,16-17H2,1-4H3;5-8,11,16,19,23-24,26,28-29,35-36H,9-10,12-15,17H2,1-4H3;2-5H,6H2,1H3/t2*19?,23-,24-,26-,28+,29+,30-,31-,32+;/m00./s1. The van der Waals surface area contributed by atoms with Crippen molar-refractivity contribution in [1.82, 2.24) is 19.6 Å². The number of aliphatic hydroxyl groups is 4. The van der Waals surface area contributed by atoms with Crippen molar-refractivity contribution in [3.63, 3.8) is 0 Å². The number of allylic oxidation sites excluding steroid dienone is 2. The van der Waals surface area contributed by atoms with Crippen molar-refractivity contribution >= 4 is 39.6 Å². The summed E-state index contributed by atoms with van der Waals surface area (Å²) in [6.07, 6.45) is 13.9. The van der Waals surface area contributed by atoms with Crippen LogP contribution in [0.3, 0.4) is 0 Å². The van der Waals surface area contributed by atoms with Crippen LogP contribution in [0.25, 0.3) is 12.2 Å². The Morgan fingerprint density at radius 3 is 1.55 bits per heavy atom. The fourth-order valence-corrected chi connectivity index (χ4v) is 20.6. The van der Waals surface area contributed by atoms with Crippen LogP contribution in [-0.4, -0.2) is 113 Å². The molecule has 464 valence electrons. The maximum absolute atomic E-state index is 13.3. The van der Waals surface area contributed by atoms with Crippen molar-refractivity contribution in [3.8, 4) is 0 Å². The van der Waals surface area contributed by atoms with Crippen LogP contribution < -0.4 is 0 Å². The average molecular weight is 1250 g/mol. The number of aryl methyl sites for hydroxylation is 3. The van der Waals surface area contributed by atoms with E-state index in [1.54, 1.807) is 0 Å². The van der Waals surface area contributed by atoms with Crippen molar-refractivity contribution in [2.45, 2.75) is 193 Å². The van der Waals surface area contributed by atoms with Crippen molar-refractivity contribution in [3.05, 3.63) is 152 Å². The lowest BCUT2D eigenvalue weighted by atomic mass is 9.45. The minimum atomic E-state index is -1.19. The number of rotatable bonds is 9. The van der Waals surface area contributed by atoms with E-state index in [-0.39, 0.29) is 70.1 Å². The van der Waals surface area contributed by atoms with E-state index in [1.165, 1.54) is 61.3 Å². The molecule has 3 aromatic carbocycles. The van der Waals surface area contributed by atoms with Crippen molar-refractivity contribution in [2.24, 2.45) is 57.2 Å². The predicted octanol–water partition coefficient (Wildman–Crippen LogP) is 11.0. The first-order valence-electron chi connectivity index (χ1n) is 32.1. The van der Waals surface area contributed by atoms with Crippen LogP contribution in [-0.2, 0) is 59.8 Å². The number of alkyl halides is 1. The number of benzene rings is 3. The van der Waals surface area contributed by atoms with Crippen LogP contribution >= 0.6 is 15.9 Å². The molecule has 4 N–H and O–H groups in total. The Morgan fingerprint density at radius 1 is 0.632 bits per heavy atom. The lowest BCUT2D eigenvalue weighted by Gasteiger charge is -2.60. The van der Waals surface area contributed by atoms with E-state index in [9.17, 15) is 30.0 Å². The number of hydrogen-bond acceptors (Lipinski definition) is 12. The summed E-state index contributed by atoms with van der Waals surface area (Å²) in [7, 11) is 0. The summed E-state index contributed by atoms with van der Waals surface area (Å²) in [5.74, 6) is 0.425. The normalized spacial score (nSPS) is 38.8. The molecular formula is C72H89BrN4O10. The lowest BCUT2D eigenvalue weighted by Crippen LogP contribution is -2.63. The molecule has 0 radical (unpaired) electrons. The Hall–Kier alpha value is -4.94. The lowest BCUT2D eigenvalue weighted by molar-refractivity contribution is -0.199. The molecule has 15 rings (SSSR count). The number of Topliss-reactive ketones (excluding diaryl/α,β-unsaturated/α-hetero) is 2. The molecule has 2 aromatic heterocycles. The molecule has 8 aliphatic carbocycles. The number of fused-ring (bicyclic) bond motifs is 16. The van der Waals surface area contributed by atoms with Crippen LogP contribution in [0.5, 0.6) is 0 Å². The molecule has 2 aliphatic heterocycles. The van der Waals surface area contributed by atoms with Crippen LogP contribution in [0, 0.1) is 77.9 Å². The number of hydrogen-bond donors (Lipinski definition) is 4. The number of nitrogens with zero attached hydrogens (tertiary/aromatic N) is 4. The second kappa shape index (κ2) is 22.5. The maximum atomic E-state index is 13.3.